The summed E-state index contributed by atoms with van der Waals surface area (Å²) in [5, 5.41) is 3.46. The molecule has 1 aromatic rings. The van der Waals surface area contributed by atoms with Crippen LogP contribution < -0.4 is 5.32 Å². The fourth-order valence-electron chi connectivity index (χ4n) is 2.20. The van der Waals surface area contributed by atoms with Crippen molar-refractivity contribution < 1.29 is 4.79 Å². The van der Waals surface area contributed by atoms with Crippen LogP contribution in [0.15, 0.2) is 24.5 Å². The van der Waals surface area contributed by atoms with Crippen molar-refractivity contribution in [1.29, 1.82) is 0 Å². The monoisotopic (exact) mass is 233 g/mol. The fourth-order valence-corrected chi connectivity index (χ4v) is 2.20. The fraction of sp³-hybridized carbons (Fsp3) is 0.538. The van der Waals surface area contributed by atoms with E-state index in [1.54, 1.807) is 6.92 Å². The molecule has 4 nitrogen and oxygen atoms in total. The van der Waals surface area contributed by atoms with Gasteiger partial charge in [0.15, 0.2) is 0 Å². The number of carbonyl (C=O) groups is 1. The summed E-state index contributed by atoms with van der Waals surface area (Å²) in [4.78, 5) is 17.2. The number of piperazine rings is 1. The molecule has 2 heterocycles. The number of pyridine rings is 1. The van der Waals surface area contributed by atoms with Crippen molar-refractivity contribution in [3.05, 3.63) is 30.1 Å². The van der Waals surface area contributed by atoms with Gasteiger partial charge in [-0.25, -0.2) is 0 Å². The first-order chi connectivity index (χ1) is 8.25. The summed E-state index contributed by atoms with van der Waals surface area (Å²) in [6, 6.07) is 4.51. The molecular weight excluding hydrogens is 214 g/mol. The van der Waals surface area contributed by atoms with Gasteiger partial charge in [-0.15, -0.1) is 0 Å². The average Bonchev–Trinajstić information content (AvgIpc) is 2.38. The third-order valence-corrected chi connectivity index (χ3v) is 3.23. The number of carbonyl (C=O) groups excluding carboxylic acids is 1. The Bertz CT molecular complexity index is 366. The van der Waals surface area contributed by atoms with Gasteiger partial charge in [-0.3, -0.25) is 9.78 Å². The molecule has 1 N–H and O–H groups in total. The van der Waals surface area contributed by atoms with Crippen LogP contribution in [0.1, 0.15) is 18.9 Å². The summed E-state index contributed by atoms with van der Waals surface area (Å²) >= 11 is 0. The van der Waals surface area contributed by atoms with Gasteiger partial charge in [0.2, 0.25) is 5.91 Å². The third kappa shape index (κ3) is 3.53. The molecule has 0 saturated carbocycles. The van der Waals surface area contributed by atoms with Crippen molar-refractivity contribution in [2.45, 2.75) is 25.8 Å². The molecule has 1 atom stereocenters. The molecule has 4 heteroatoms. The van der Waals surface area contributed by atoms with Crippen LogP contribution in [0.5, 0.6) is 0 Å². The summed E-state index contributed by atoms with van der Waals surface area (Å²) in [5.41, 5.74) is 1.31. The quantitative estimate of drug-likeness (QED) is 0.841. The van der Waals surface area contributed by atoms with E-state index in [-0.39, 0.29) is 5.91 Å². The van der Waals surface area contributed by atoms with Crippen LogP contribution in [0.2, 0.25) is 0 Å². The largest absolute Gasteiger partial charge is 0.340 e. The molecule has 2 rings (SSSR count). The van der Waals surface area contributed by atoms with Crippen LogP contribution in [0.4, 0.5) is 0 Å². The zero-order valence-corrected chi connectivity index (χ0v) is 10.2. The van der Waals surface area contributed by atoms with Crippen LogP contribution in [0, 0.1) is 0 Å². The number of nitrogens with one attached hydrogen (secondary N) is 1. The minimum atomic E-state index is 0.181. The molecule has 1 aliphatic heterocycles. The summed E-state index contributed by atoms with van der Waals surface area (Å²) in [5.74, 6) is 0.181. The lowest BCUT2D eigenvalue weighted by Gasteiger charge is -2.33. The van der Waals surface area contributed by atoms with Crippen LogP contribution in [-0.4, -0.2) is 41.5 Å². The van der Waals surface area contributed by atoms with Crippen molar-refractivity contribution in [2.24, 2.45) is 0 Å². The lowest BCUT2D eigenvalue weighted by molar-refractivity contribution is -0.130. The standard InChI is InChI=1S/C13H19N3O/c1-11(17)16-9-8-15-13(10-16)3-2-12-4-6-14-7-5-12/h4-7,13,15H,2-3,8-10H2,1H3. The minimum Gasteiger partial charge on any atom is -0.340 e. The Hall–Kier alpha value is -1.42. The molecule has 1 fully saturated rings. The Kier molecular flexibility index (Phi) is 4.09. The summed E-state index contributed by atoms with van der Waals surface area (Å²) in [7, 11) is 0. The second-order valence-corrected chi connectivity index (χ2v) is 4.51. The van der Waals surface area contributed by atoms with Crippen LogP contribution >= 0.6 is 0 Å². The molecule has 1 saturated heterocycles. The van der Waals surface area contributed by atoms with Gasteiger partial charge < -0.3 is 10.2 Å². The predicted molar refractivity (Wildman–Crippen MR) is 66.6 cm³/mol. The van der Waals surface area contributed by atoms with Gasteiger partial charge in [0, 0.05) is 45.0 Å². The normalized spacial score (nSPS) is 20.3. The van der Waals surface area contributed by atoms with Crippen molar-refractivity contribution in [3.8, 4) is 0 Å². The van der Waals surface area contributed by atoms with Gasteiger partial charge >= 0.3 is 0 Å². The molecule has 0 bridgehead atoms. The highest BCUT2D eigenvalue weighted by atomic mass is 16.2. The highest BCUT2D eigenvalue weighted by Crippen LogP contribution is 2.08. The maximum atomic E-state index is 11.3. The van der Waals surface area contributed by atoms with E-state index in [0.717, 1.165) is 32.5 Å². The van der Waals surface area contributed by atoms with Crippen LogP contribution in [0.3, 0.4) is 0 Å². The highest BCUT2D eigenvalue weighted by molar-refractivity contribution is 5.73. The van der Waals surface area contributed by atoms with Gasteiger partial charge in [0.05, 0.1) is 0 Å². The highest BCUT2D eigenvalue weighted by Gasteiger charge is 2.20. The predicted octanol–water partition coefficient (Wildman–Crippen LogP) is 0.834. The minimum absolute atomic E-state index is 0.181. The number of amides is 1. The van der Waals surface area contributed by atoms with Crippen LogP contribution in [0.25, 0.3) is 0 Å². The van der Waals surface area contributed by atoms with Crippen molar-refractivity contribution >= 4 is 5.91 Å². The van der Waals surface area contributed by atoms with Crippen LogP contribution in [-0.2, 0) is 11.2 Å². The first kappa shape index (κ1) is 12.0. The smallest absolute Gasteiger partial charge is 0.219 e. The van der Waals surface area contributed by atoms with E-state index in [1.807, 2.05) is 29.4 Å². The van der Waals surface area contributed by atoms with Crippen molar-refractivity contribution in [2.75, 3.05) is 19.6 Å². The molecule has 1 amide bonds. The van der Waals surface area contributed by atoms with Crippen molar-refractivity contribution in [3.63, 3.8) is 0 Å². The second-order valence-electron chi connectivity index (χ2n) is 4.51. The topological polar surface area (TPSA) is 45.2 Å². The average molecular weight is 233 g/mol. The molecule has 0 spiro atoms. The Morgan fingerprint density at radius 2 is 2.29 bits per heavy atom. The third-order valence-electron chi connectivity index (χ3n) is 3.23. The Labute approximate surface area is 102 Å². The molecule has 1 unspecified atom stereocenters. The molecule has 0 aliphatic carbocycles. The lowest BCUT2D eigenvalue weighted by atomic mass is 10.0. The maximum absolute atomic E-state index is 11.3. The van der Waals surface area contributed by atoms with E-state index in [0.29, 0.717) is 6.04 Å². The van der Waals surface area contributed by atoms with E-state index in [1.165, 1.54) is 5.56 Å². The van der Waals surface area contributed by atoms with E-state index in [2.05, 4.69) is 10.3 Å². The second kappa shape index (κ2) is 5.77. The van der Waals surface area contributed by atoms with E-state index in [4.69, 9.17) is 0 Å². The Morgan fingerprint density at radius 3 is 3.00 bits per heavy atom. The SMILES string of the molecule is CC(=O)N1CCNC(CCc2ccncc2)C1. The van der Waals surface area contributed by atoms with E-state index >= 15 is 0 Å². The Morgan fingerprint density at radius 1 is 1.53 bits per heavy atom. The zero-order chi connectivity index (χ0) is 12.1. The molecule has 1 aromatic heterocycles. The number of aromatic nitrogens is 1. The number of rotatable bonds is 3. The molecule has 92 valence electrons. The number of hydrogen-bond acceptors (Lipinski definition) is 3. The maximum Gasteiger partial charge on any atom is 0.219 e. The van der Waals surface area contributed by atoms with Gasteiger partial charge in [-0.05, 0) is 30.5 Å². The van der Waals surface area contributed by atoms with Crippen molar-refractivity contribution in [1.82, 2.24) is 15.2 Å². The van der Waals surface area contributed by atoms with E-state index in [9.17, 15) is 4.79 Å². The summed E-state index contributed by atoms with van der Waals surface area (Å²) < 4.78 is 0. The number of nitrogens with zero attached hydrogens (tertiary/aromatic N) is 2. The number of hydrogen-bond donors (Lipinski definition) is 1. The molecule has 0 radical (unpaired) electrons. The number of aryl methyl sites for hydroxylation is 1. The summed E-state index contributed by atoms with van der Waals surface area (Å²) in [6.07, 6.45) is 5.75. The first-order valence-corrected chi connectivity index (χ1v) is 6.13. The zero-order valence-electron chi connectivity index (χ0n) is 10.2. The summed E-state index contributed by atoms with van der Waals surface area (Å²) in [6.45, 7) is 4.22. The lowest BCUT2D eigenvalue weighted by Crippen LogP contribution is -2.52. The van der Waals surface area contributed by atoms with Gasteiger partial charge in [0.1, 0.15) is 0 Å². The molecule has 1 aliphatic rings. The van der Waals surface area contributed by atoms with E-state index < -0.39 is 0 Å². The Balaban J connectivity index is 1.81. The van der Waals surface area contributed by atoms with Gasteiger partial charge in [-0.1, -0.05) is 0 Å². The molecule has 0 aromatic carbocycles. The molecule has 17 heavy (non-hydrogen) atoms. The molecular formula is C13H19N3O. The van der Waals surface area contributed by atoms with Gasteiger partial charge in [0.25, 0.3) is 0 Å². The first-order valence-electron chi connectivity index (χ1n) is 6.13. The van der Waals surface area contributed by atoms with Gasteiger partial charge in [-0.2, -0.15) is 0 Å².